The largest absolute Gasteiger partial charge is 0.507 e. The van der Waals surface area contributed by atoms with Crippen LogP contribution in [0.5, 0.6) is 11.5 Å². The molecule has 0 saturated carbocycles. The van der Waals surface area contributed by atoms with E-state index in [2.05, 4.69) is 5.32 Å². The Morgan fingerprint density at radius 2 is 2.10 bits per heavy atom. The second-order valence-electron chi connectivity index (χ2n) is 4.40. The number of benzene rings is 2. The van der Waals surface area contributed by atoms with Gasteiger partial charge in [0.05, 0.1) is 5.56 Å². The molecule has 0 fully saturated rings. The second-order valence-corrected chi connectivity index (χ2v) is 4.40. The quantitative estimate of drug-likeness (QED) is 0.903. The van der Waals surface area contributed by atoms with Crippen LogP contribution in [0.3, 0.4) is 0 Å². The van der Waals surface area contributed by atoms with Gasteiger partial charge in [-0.25, -0.2) is 0 Å². The van der Waals surface area contributed by atoms with E-state index in [-0.39, 0.29) is 17.9 Å². The lowest BCUT2D eigenvalue weighted by Gasteiger charge is -2.09. The summed E-state index contributed by atoms with van der Waals surface area (Å²) in [5.74, 6) is 0.0448. The summed E-state index contributed by atoms with van der Waals surface area (Å²) in [4.78, 5) is 12.1. The highest BCUT2D eigenvalue weighted by Gasteiger charge is 2.12. The number of phenolic OH excluding ortho intramolecular Hbond substituents is 1. The summed E-state index contributed by atoms with van der Waals surface area (Å²) >= 11 is 0. The van der Waals surface area contributed by atoms with Gasteiger partial charge < -0.3 is 15.2 Å². The smallest absolute Gasteiger partial charge is 0.259 e. The standard InChI is InChI=1S/C16H14N2O3/c1-11-4-2-7-14(15(11)19)16(20)18-12-5-3-6-13(10-12)21-9-8-17/h2-7,10,19H,9H2,1H3,(H,18,20). The van der Waals surface area contributed by atoms with Gasteiger partial charge in [0.25, 0.3) is 5.91 Å². The number of carbonyl (C=O) groups is 1. The molecular weight excluding hydrogens is 268 g/mol. The molecule has 5 heteroatoms. The van der Waals surface area contributed by atoms with Gasteiger partial charge in [-0.1, -0.05) is 18.2 Å². The molecule has 0 atom stereocenters. The summed E-state index contributed by atoms with van der Waals surface area (Å²) in [5, 5.41) is 21.1. The number of ether oxygens (including phenoxy) is 1. The number of para-hydroxylation sites is 1. The number of nitriles is 1. The molecule has 21 heavy (non-hydrogen) atoms. The van der Waals surface area contributed by atoms with E-state index in [9.17, 15) is 9.90 Å². The molecule has 0 radical (unpaired) electrons. The van der Waals surface area contributed by atoms with Crippen molar-refractivity contribution in [2.24, 2.45) is 0 Å². The Morgan fingerprint density at radius 1 is 1.33 bits per heavy atom. The van der Waals surface area contributed by atoms with Gasteiger partial charge in [0.15, 0.2) is 6.61 Å². The zero-order valence-corrected chi connectivity index (χ0v) is 11.5. The first-order valence-corrected chi connectivity index (χ1v) is 6.31. The topological polar surface area (TPSA) is 82.3 Å². The SMILES string of the molecule is Cc1cccc(C(=O)Nc2cccc(OCC#N)c2)c1O. The molecule has 2 aromatic carbocycles. The third kappa shape index (κ3) is 3.51. The molecular formula is C16H14N2O3. The molecule has 5 nitrogen and oxygen atoms in total. The van der Waals surface area contributed by atoms with E-state index in [1.807, 2.05) is 6.07 Å². The molecule has 0 unspecified atom stereocenters. The fourth-order valence-corrected chi connectivity index (χ4v) is 1.82. The number of hydrogen-bond acceptors (Lipinski definition) is 4. The average molecular weight is 282 g/mol. The number of nitrogens with one attached hydrogen (secondary N) is 1. The molecule has 0 spiro atoms. The summed E-state index contributed by atoms with van der Waals surface area (Å²) in [6.45, 7) is 1.67. The van der Waals surface area contributed by atoms with Crippen molar-refractivity contribution in [2.75, 3.05) is 11.9 Å². The van der Waals surface area contributed by atoms with Gasteiger partial charge in [-0.2, -0.15) is 5.26 Å². The minimum atomic E-state index is -0.409. The van der Waals surface area contributed by atoms with E-state index in [0.717, 1.165) is 0 Å². The molecule has 0 bridgehead atoms. The van der Waals surface area contributed by atoms with Gasteiger partial charge >= 0.3 is 0 Å². The minimum Gasteiger partial charge on any atom is -0.507 e. The van der Waals surface area contributed by atoms with E-state index in [1.54, 1.807) is 49.4 Å². The number of amides is 1. The van der Waals surface area contributed by atoms with Crippen molar-refractivity contribution in [1.29, 1.82) is 5.26 Å². The third-order valence-corrected chi connectivity index (χ3v) is 2.88. The molecule has 1 amide bonds. The number of nitrogens with zero attached hydrogens (tertiary/aromatic N) is 1. The Morgan fingerprint density at radius 3 is 2.86 bits per heavy atom. The Balaban J connectivity index is 2.16. The highest BCUT2D eigenvalue weighted by Crippen LogP contribution is 2.23. The Kier molecular flexibility index (Phi) is 4.42. The molecule has 106 valence electrons. The van der Waals surface area contributed by atoms with Gasteiger partial charge in [0.2, 0.25) is 0 Å². The minimum absolute atomic E-state index is 0.0353. The van der Waals surface area contributed by atoms with Crippen molar-refractivity contribution in [3.8, 4) is 17.6 Å². The van der Waals surface area contributed by atoms with E-state index < -0.39 is 5.91 Å². The molecule has 2 aromatic rings. The maximum absolute atomic E-state index is 12.1. The maximum atomic E-state index is 12.1. The lowest BCUT2D eigenvalue weighted by atomic mass is 10.1. The highest BCUT2D eigenvalue weighted by molar-refractivity contribution is 6.06. The number of aryl methyl sites for hydroxylation is 1. The van der Waals surface area contributed by atoms with Crippen LogP contribution in [0.4, 0.5) is 5.69 Å². The fourth-order valence-electron chi connectivity index (χ4n) is 1.82. The van der Waals surface area contributed by atoms with E-state index in [1.165, 1.54) is 0 Å². The lowest BCUT2D eigenvalue weighted by molar-refractivity contribution is 0.102. The molecule has 0 aliphatic carbocycles. The lowest BCUT2D eigenvalue weighted by Crippen LogP contribution is -2.12. The Labute approximate surface area is 122 Å². The van der Waals surface area contributed by atoms with Crippen LogP contribution in [0, 0.1) is 18.3 Å². The second kappa shape index (κ2) is 6.44. The molecule has 0 aromatic heterocycles. The molecule has 0 aliphatic rings. The highest BCUT2D eigenvalue weighted by atomic mass is 16.5. The summed E-state index contributed by atoms with van der Waals surface area (Å²) in [5.41, 5.74) is 1.36. The zero-order chi connectivity index (χ0) is 15.2. The van der Waals surface area contributed by atoms with Crippen molar-refractivity contribution in [1.82, 2.24) is 0 Å². The molecule has 0 heterocycles. The van der Waals surface area contributed by atoms with Crippen molar-refractivity contribution < 1.29 is 14.6 Å². The zero-order valence-electron chi connectivity index (χ0n) is 11.5. The maximum Gasteiger partial charge on any atom is 0.259 e. The van der Waals surface area contributed by atoms with Crippen molar-refractivity contribution >= 4 is 11.6 Å². The molecule has 0 aliphatic heterocycles. The van der Waals surface area contributed by atoms with Crippen LogP contribution in [0.15, 0.2) is 42.5 Å². The van der Waals surface area contributed by atoms with Crippen molar-refractivity contribution in [3.05, 3.63) is 53.6 Å². The monoisotopic (exact) mass is 282 g/mol. The number of anilines is 1. The van der Waals surface area contributed by atoms with Crippen LogP contribution >= 0.6 is 0 Å². The molecule has 0 saturated heterocycles. The van der Waals surface area contributed by atoms with Gasteiger partial charge in [-0.3, -0.25) is 4.79 Å². The Bertz CT molecular complexity index is 705. The number of carbonyl (C=O) groups excluding carboxylic acids is 1. The normalized spacial score (nSPS) is 9.71. The van der Waals surface area contributed by atoms with E-state index >= 15 is 0 Å². The molecule has 2 rings (SSSR count). The van der Waals surface area contributed by atoms with Crippen LogP contribution in [-0.2, 0) is 0 Å². The van der Waals surface area contributed by atoms with Gasteiger partial charge in [-0.15, -0.1) is 0 Å². The van der Waals surface area contributed by atoms with Crippen LogP contribution < -0.4 is 10.1 Å². The van der Waals surface area contributed by atoms with Crippen LogP contribution in [0.2, 0.25) is 0 Å². The summed E-state index contributed by atoms with van der Waals surface area (Å²) in [6, 6.07) is 13.6. The average Bonchev–Trinajstić information content (AvgIpc) is 2.48. The van der Waals surface area contributed by atoms with Gasteiger partial charge in [0, 0.05) is 11.8 Å². The summed E-state index contributed by atoms with van der Waals surface area (Å²) < 4.78 is 5.16. The van der Waals surface area contributed by atoms with E-state index in [0.29, 0.717) is 17.0 Å². The van der Waals surface area contributed by atoms with Crippen molar-refractivity contribution in [2.45, 2.75) is 6.92 Å². The number of phenols is 1. The van der Waals surface area contributed by atoms with Crippen LogP contribution in [-0.4, -0.2) is 17.6 Å². The first kappa shape index (κ1) is 14.4. The number of aromatic hydroxyl groups is 1. The summed E-state index contributed by atoms with van der Waals surface area (Å²) in [7, 11) is 0. The predicted molar refractivity (Wildman–Crippen MR) is 78.3 cm³/mol. The van der Waals surface area contributed by atoms with Gasteiger partial charge in [0.1, 0.15) is 17.6 Å². The van der Waals surface area contributed by atoms with E-state index in [4.69, 9.17) is 10.00 Å². The van der Waals surface area contributed by atoms with Crippen LogP contribution in [0.1, 0.15) is 15.9 Å². The fraction of sp³-hybridized carbons (Fsp3) is 0.125. The van der Waals surface area contributed by atoms with Gasteiger partial charge in [-0.05, 0) is 30.7 Å². The third-order valence-electron chi connectivity index (χ3n) is 2.88. The van der Waals surface area contributed by atoms with Crippen LogP contribution in [0.25, 0.3) is 0 Å². The Hall–Kier alpha value is -3.00. The number of rotatable bonds is 4. The first-order chi connectivity index (χ1) is 10.1. The predicted octanol–water partition coefficient (Wildman–Crippen LogP) is 2.86. The number of hydrogen-bond donors (Lipinski definition) is 2. The van der Waals surface area contributed by atoms with Crippen molar-refractivity contribution in [3.63, 3.8) is 0 Å². The summed E-state index contributed by atoms with van der Waals surface area (Å²) in [6.07, 6.45) is 0. The first-order valence-electron chi connectivity index (χ1n) is 6.31. The molecule has 2 N–H and O–H groups in total.